The van der Waals surface area contributed by atoms with Gasteiger partial charge >= 0.3 is 0 Å². The molecule has 0 aliphatic rings. The van der Waals surface area contributed by atoms with Gasteiger partial charge < -0.3 is 9.14 Å². The van der Waals surface area contributed by atoms with Crippen molar-refractivity contribution in [1.82, 2.24) is 9.38 Å². The Hall–Kier alpha value is -1.71. The van der Waals surface area contributed by atoms with E-state index in [-0.39, 0.29) is 0 Å². The number of halogens is 2. The largest absolute Gasteiger partial charge is 0.487 e. The third-order valence-electron chi connectivity index (χ3n) is 2.65. The molecule has 0 saturated carbocycles. The van der Waals surface area contributed by atoms with E-state index in [4.69, 9.17) is 27.9 Å². The minimum absolute atomic E-state index is 0.389. The van der Waals surface area contributed by atoms with Crippen molar-refractivity contribution in [3.05, 3.63) is 64.5 Å². The molecule has 2 heterocycles. The predicted octanol–water partition coefficient (Wildman–Crippen LogP) is 4.22. The van der Waals surface area contributed by atoms with E-state index >= 15 is 0 Å². The highest BCUT2D eigenvalue weighted by molar-refractivity contribution is 6.30. The molecule has 0 aliphatic carbocycles. The van der Waals surface area contributed by atoms with Gasteiger partial charge in [0.2, 0.25) is 0 Å². The van der Waals surface area contributed by atoms with Gasteiger partial charge in [-0.2, -0.15) is 0 Å². The summed E-state index contributed by atoms with van der Waals surface area (Å²) in [6.07, 6.45) is 3.71. The van der Waals surface area contributed by atoms with E-state index in [0.717, 1.165) is 17.1 Å². The van der Waals surface area contributed by atoms with Gasteiger partial charge in [-0.05, 0) is 30.3 Å². The zero-order valence-electron chi connectivity index (χ0n) is 9.88. The number of pyridine rings is 1. The van der Waals surface area contributed by atoms with Crippen molar-refractivity contribution in [2.45, 2.75) is 6.61 Å². The Balaban J connectivity index is 1.78. The fourth-order valence-electron chi connectivity index (χ4n) is 1.80. The second-order valence-corrected chi connectivity index (χ2v) is 4.96. The molecule has 0 aliphatic heterocycles. The van der Waals surface area contributed by atoms with Gasteiger partial charge in [0.05, 0.1) is 10.7 Å². The molecule has 19 heavy (non-hydrogen) atoms. The molecule has 0 N–H and O–H groups in total. The van der Waals surface area contributed by atoms with Gasteiger partial charge in [0.15, 0.2) is 0 Å². The minimum atomic E-state index is 0.389. The summed E-state index contributed by atoms with van der Waals surface area (Å²) in [7, 11) is 0. The van der Waals surface area contributed by atoms with Crippen LogP contribution in [0.1, 0.15) is 5.69 Å². The van der Waals surface area contributed by atoms with Crippen LogP contribution in [0, 0.1) is 0 Å². The number of fused-ring (bicyclic) bond motifs is 1. The lowest BCUT2D eigenvalue weighted by atomic mass is 10.3. The van der Waals surface area contributed by atoms with Crippen molar-refractivity contribution in [1.29, 1.82) is 0 Å². The SMILES string of the molecule is Clc1cccc(OCc2cn3cc(Cl)ccc3n2)c1. The van der Waals surface area contributed by atoms with Crippen molar-refractivity contribution in [3.63, 3.8) is 0 Å². The molecule has 3 aromatic rings. The summed E-state index contributed by atoms with van der Waals surface area (Å²) in [5.41, 5.74) is 1.68. The van der Waals surface area contributed by atoms with Crippen LogP contribution in [0.2, 0.25) is 10.0 Å². The summed E-state index contributed by atoms with van der Waals surface area (Å²) in [5.74, 6) is 0.725. The van der Waals surface area contributed by atoms with Crippen LogP contribution in [-0.2, 0) is 6.61 Å². The number of benzene rings is 1. The third-order valence-corrected chi connectivity index (χ3v) is 3.11. The molecule has 0 bridgehead atoms. The van der Waals surface area contributed by atoms with Gasteiger partial charge in [0, 0.05) is 17.4 Å². The fourth-order valence-corrected chi connectivity index (χ4v) is 2.15. The van der Waals surface area contributed by atoms with E-state index in [1.165, 1.54) is 0 Å². The van der Waals surface area contributed by atoms with Crippen LogP contribution in [0.25, 0.3) is 5.65 Å². The number of rotatable bonds is 3. The maximum atomic E-state index is 5.92. The van der Waals surface area contributed by atoms with Gasteiger partial charge in [-0.25, -0.2) is 4.98 Å². The lowest BCUT2D eigenvalue weighted by Gasteiger charge is -2.03. The number of nitrogens with zero attached hydrogens (tertiary/aromatic N) is 2. The summed E-state index contributed by atoms with van der Waals surface area (Å²) in [6, 6.07) is 11.0. The highest BCUT2D eigenvalue weighted by Gasteiger charge is 2.03. The quantitative estimate of drug-likeness (QED) is 0.722. The molecular formula is C14H10Cl2N2O. The molecule has 3 nitrogen and oxygen atoms in total. The molecule has 96 valence electrons. The molecule has 0 spiro atoms. The average Bonchev–Trinajstić information content (AvgIpc) is 2.78. The summed E-state index contributed by atoms with van der Waals surface area (Å²) < 4.78 is 7.51. The standard InChI is InChI=1S/C14H10Cl2N2O/c15-10-2-1-3-13(6-10)19-9-12-8-18-7-11(16)4-5-14(18)17-12/h1-8H,9H2. The lowest BCUT2D eigenvalue weighted by Crippen LogP contribution is -1.95. The number of ether oxygens (including phenoxy) is 1. The van der Waals surface area contributed by atoms with Gasteiger partial charge in [-0.3, -0.25) is 0 Å². The summed E-state index contributed by atoms with van der Waals surface area (Å²) >= 11 is 11.8. The Labute approximate surface area is 120 Å². The second-order valence-electron chi connectivity index (χ2n) is 4.09. The van der Waals surface area contributed by atoms with Crippen LogP contribution in [-0.4, -0.2) is 9.38 Å². The lowest BCUT2D eigenvalue weighted by molar-refractivity contribution is 0.302. The number of hydrogen-bond acceptors (Lipinski definition) is 2. The maximum absolute atomic E-state index is 5.92. The van der Waals surface area contributed by atoms with E-state index in [9.17, 15) is 0 Å². The van der Waals surface area contributed by atoms with Crippen LogP contribution in [0.3, 0.4) is 0 Å². The van der Waals surface area contributed by atoms with Crippen LogP contribution in [0.4, 0.5) is 0 Å². The zero-order valence-corrected chi connectivity index (χ0v) is 11.4. The molecule has 0 atom stereocenters. The van der Waals surface area contributed by atoms with Gasteiger partial charge in [-0.15, -0.1) is 0 Å². The fraction of sp³-hybridized carbons (Fsp3) is 0.0714. The van der Waals surface area contributed by atoms with E-state index < -0.39 is 0 Å². The molecule has 0 saturated heterocycles. The van der Waals surface area contributed by atoms with E-state index in [1.807, 2.05) is 41.1 Å². The maximum Gasteiger partial charge on any atom is 0.137 e. The Kier molecular flexibility index (Phi) is 3.32. The van der Waals surface area contributed by atoms with E-state index in [0.29, 0.717) is 16.7 Å². The van der Waals surface area contributed by atoms with Crippen LogP contribution < -0.4 is 4.74 Å². The Morgan fingerprint density at radius 3 is 2.79 bits per heavy atom. The Bertz CT molecular complexity index is 724. The predicted molar refractivity (Wildman–Crippen MR) is 76.0 cm³/mol. The number of hydrogen-bond donors (Lipinski definition) is 0. The minimum Gasteiger partial charge on any atom is -0.487 e. The second kappa shape index (κ2) is 5.11. The highest BCUT2D eigenvalue weighted by Crippen LogP contribution is 2.18. The van der Waals surface area contributed by atoms with Crippen LogP contribution in [0.5, 0.6) is 5.75 Å². The molecule has 1 aromatic carbocycles. The van der Waals surface area contributed by atoms with Crippen molar-refractivity contribution >= 4 is 28.8 Å². The summed E-state index contributed by atoms with van der Waals surface area (Å²) in [6.45, 7) is 0.389. The summed E-state index contributed by atoms with van der Waals surface area (Å²) in [5, 5.41) is 1.33. The van der Waals surface area contributed by atoms with E-state index in [2.05, 4.69) is 4.98 Å². The third kappa shape index (κ3) is 2.83. The van der Waals surface area contributed by atoms with Crippen LogP contribution >= 0.6 is 23.2 Å². The first-order chi connectivity index (χ1) is 9.20. The van der Waals surface area contributed by atoms with Crippen molar-refractivity contribution in [2.75, 3.05) is 0 Å². The van der Waals surface area contributed by atoms with Crippen molar-refractivity contribution in [2.24, 2.45) is 0 Å². The Morgan fingerprint density at radius 1 is 1.05 bits per heavy atom. The summed E-state index contributed by atoms with van der Waals surface area (Å²) in [4.78, 5) is 4.44. The number of aromatic nitrogens is 2. The first-order valence-electron chi connectivity index (χ1n) is 5.72. The molecular weight excluding hydrogens is 283 g/mol. The van der Waals surface area contributed by atoms with Crippen molar-refractivity contribution < 1.29 is 4.74 Å². The molecule has 0 fully saturated rings. The number of imidazole rings is 1. The van der Waals surface area contributed by atoms with Gasteiger partial charge in [0.1, 0.15) is 18.0 Å². The molecule has 0 radical (unpaired) electrons. The topological polar surface area (TPSA) is 26.5 Å². The normalized spacial score (nSPS) is 10.8. The highest BCUT2D eigenvalue weighted by atomic mass is 35.5. The van der Waals surface area contributed by atoms with Gasteiger partial charge in [-0.1, -0.05) is 29.3 Å². The first kappa shape index (κ1) is 12.3. The molecule has 0 amide bonds. The molecule has 2 aromatic heterocycles. The molecule has 3 rings (SSSR count). The average molecular weight is 293 g/mol. The molecule has 0 unspecified atom stereocenters. The van der Waals surface area contributed by atoms with Crippen molar-refractivity contribution in [3.8, 4) is 5.75 Å². The Morgan fingerprint density at radius 2 is 1.95 bits per heavy atom. The monoisotopic (exact) mass is 292 g/mol. The smallest absolute Gasteiger partial charge is 0.137 e. The first-order valence-corrected chi connectivity index (χ1v) is 6.48. The zero-order chi connectivity index (χ0) is 13.2. The molecule has 5 heteroatoms. The van der Waals surface area contributed by atoms with Gasteiger partial charge in [0.25, 0.3) is 0 Å². The van der Waals surface area contributed by atoms with Crippen LogP contribution in [0.15, 0.2) is 48.8 Å². The van der Waals surface area contributed by atoms with E-state index in [1.54, 1.807) is 12.1 Å².